The van der Waals surface area contributed by atoms with Crippen LogP contribution < -0.4 is 10.6 Å². The van der Waals surface area contributed by atoms with Crippen LogP contribution in [0.4, 0.5) is 4.39 Å². The van der Waals surface area contributed by atoms with Gasteiger partial charge in [0.05, 0.1) is 4.88 Å². The van der Waals surface area contributed by atoms with E-state index in [1.54, 1.807) is 12.1 Å². The minimum Gasteiger partial charge on any atom is -0.348 e. The molecule has 1 amide bonds. The molecule has 0 saturated carbocycles. The second kappa shape index (κ2) is 6.30. The SMILES string of the molecule is Cc1cc(C(=O)NC2CC3CCC(C2)N3)sc1-c1ccc(F)cc1. The number of hydrogen-bond acceptors (Lipinski definition) is 3. The lowest BCUT2D eigenvalue weighted by molar-refractivity contribution is 0.0928. The van der Waals surface area contributed by atoms with Crippen molar-refractivity contribution >= 4 is 17.2 Å². The van der Waals surface area contributed by atoms with Gasteiger partial charge < -0.3 is 10.6 Å². The Labute approximate surface area is 145 Å². The Balaban J connectivity index is 1.49. The molecule has 24 heavy (non-hydrogen) atoms. The Kier molecular flexibility index (Phi) is 4.14. The Bertz CT molecular complexity index is 743. The number of carbonyl (C=O) groups excluding carboxylic acids is 1. The Morgan fingerprint density at radius 3 is 2.54 bits per heavy atom. The summed E-state index contributed by atoms with van der Waals surface area (Å²) in [5, 5.41) is 6.80. The maximum atomic E-state index is 13.1. The zero-order valence-corrected chi connectivity index (χ0v) is 14.5. The van der Waals surface area contributed by atoms with E-state index >= 15 is 0 Å². The van der Waals surface area contributed by atoms with Crippen LogP contribution in [0, 0.1) is 12.7 Å². The standard InChI is InChI=1S/C19H21FN2OS/c1-11-8-17(24-18(11)12-2-4-13(20)5-3-12)19(23)22-16-9-14-6-7-15(10-16)21-14/h2-5,8,14-16,21H,6-7,9-10H2,1H3,(H,22,23). The predicted octanol–water partition coefficient (Wildman–Crippen LogP) is 3.88. The van der Waals surface area contributed by atoms with Crippen LogP contribution in [0.5, 0.6) is 0 Å². The number of benzene rings is 1. The van der Waals surface area contributed by atoms with Crippen molar-refractivity contribution in [1.29, 1.82) is 0 Å². The number of hydrogen-bond donors (Lipinski definition) is 2. The Hall–Kier alpha value is -1.72. The molecule has 2 fully saturated rings. The number of rotatable bonds is 3. The molecular weight excluding hydrogens is 323 g/mol. The van der Waals surface area contributed by atoms with Crippen LogP contribution >= 0.6 is 11.3 Å². The molecule has 2 bridgehead atoms. The van der Waals surface area contributed by atoms with E-state index in [1.165, 1.54) is 36.3 Å². The van der Waals surface area contributed by atoms with Crippen LogP contribution in [0.3, 0.4) is 0 Å². The molecule has 1 aromatic heterocycles. The summed E-state index contributed by atoms with van der Waals surface area (Å²) in [7, 11) is 0. The smallest absolute Gasteiger partial charge is 0.261 e. The van der Waals surface area contributed by atoms with Crippen molar-refractivity contribution < 1.29 is 9.18 Å². The van der Waals surface area contributed by atoms with Gasteiger partial charge in [0.2, 0.25) is 0 Å². The third-order valence-corrected chi connectivity index (χ3v) is 6.34. The average molecular weight is 344 g/mol. The lowest BCUT2D eigenvalue weighted by Crippen LogP contribution is -2.47. The van der Waals surface area contributed by atoms with Crippen molar-refractivity contribution in [3.63, 3.8) is 0 Å². The normalized spacial score (nSPS) is 25.7. The fraction of sp³-hybridized carbons (Fsp3) is 0.421. The van der Waals surface area contributed by atoms with Crippen molar-refractivity contribution in [2.45, 2.75) is 50.7 Å². The minimum absolute atomic E-state index is 0.0164. The van der Waals surface area contributed by atoms with Crippen molar-refractivity contribution in [2.75, 3.05) is 0 Å². The molecule has 2 aromatic rings. The number of halogens is 1. The summed E-state index contributed by atoms with van der Waals surface area (Å²) in [6, 6.07) is 9.78. The zero-order chi connectivity index (χ0) is 16.7. The first kappa shape index (κ1) is 15.8. The highest BCUT2D eigenvalue weighted by Crippen LogP contribution is 2.33. The molecule has 0 radical (unpaired) electrons. The van der Waals surface area contributed by atoms with Gasteiger partial charge in [0.1, 0.15) is 5.82 Å². The van der Waals surface area contributed by atoms with Crippen LogP contribution in [-0.4, -0.2) is 24.0 Å². The van der Waals surface area contributed by atoms with Crippen LogP contribution in [0.15, 0.2) is 30.3 Å². The number of carbonyl (C=O) groups is 1. The van der Waals surface area contributed by atoms with E-state index in [-0.39, 0.29) is 17.8 Å². The van der Waals surface area contributed by atoms with Crippen molar-refractivity contribution in [1.82, 2.24) is 10.6 Å². The van der Waals surface area contributed by atoms with Crippen LogP contribution in [0.2, 0.25) is 0 Å². The molecule has 2 unspecified atom stereocenters. The van der Waals surface area contributed by atoms with Crippen molar-refractivity contribution in [2.24, 2.45) is 0 Å². The first-order valence-electron chi connectivity index (χ1n) is 8.52. The molecule has 2 aliphatic heterocycles. The molecule has 2 saturated heterocycles. The van der Waals surface area contributed by atoms with Gasteiger partial charge in [0, 0.05) is 23.0 Å². The van der Waals surface area contributed by atoms with Crippen molar-refractivity contribution in [3.8, 4) is 10.4 Å². The van der Waals surface area contributed by atoms with E-state index < -0.39 is 0 Å². The molecule has 4 rings (SSSR count). The number of amides is 1. The number of nitrogens with one attached hydrogen (secondary N) is 2. The maximum absolute atomic E-state index is 13.1. The van der Waals surface area contributed by atoms with Gasteiger partial charge in [-0.05, 0) is 61.9 Å². The highest BCUT2D eigenvalue weighted by molar-refractivity contribution is 7.17. The number of piperidine rings is 1. The largest absolute Gasteiger partial charge is 0.348 e. The van der Waals surface area contributed by atoms with E-state index in [4.69, 9.17) is 0 Å². The van der Waals surface area contributed by atoms with E-state index in [0.29, 0.717) is 12.1 Å². The fourth-order valence-electron chi connectivity index (χ4n) is 3.91. The van der Waals surface area contributed by atoms with E-state index in [2.05, 4.69) is 10.6 Å². The quantitative estimate of drug-likeness (QED) is 0.887. The second-order valence-electron chi connectivity index (χ2n) is 6.91. The zero-order valence-electron chi connectivity index (χ0n) is 13.6. The maximum Gasteiger partial charge on any atom is 0.261 e. The third kappa shape index (κ3) is 3.10. The van der Waals surface area contributed by atoms with Gasteiger partial charge in [-0.1, -0.05) is 12.1 Å². The molecule has 2 atom stereocenters. The highest BCUT2D eigenvalue weighted by atomic mass is 32.1. The van der Waals surface area contributed by atoms with E-state index in [0.717, 1.165) is 33.7 Å². The van der Waals surface area contributed by atoms with Gasteiger partial charge in [-0.25, -0.2) is 4.39 Å². The molecule has 5 heteroatoms. The Morgan fingerprint density at radius 2 is 1.88 bits per heavy atom. The molecule has 2 N–H and O–H groups in total. The minimum atomic E-state index is -0.244. The van der Waals surface area contributed by atoms with E-state index in [9.17, 15) is 9.18 Å². The number of aryl methyl sites for hydroxylation is 1. The third-order valence-electron chi connectivity index (χ3n) is 5.06. The van der Waals surface area contributed by atoms with Gasteiger partial charge in [0.15, 0.2) is 0 Å². The summed E-state index contributed by atoms with van der Waals surface area (Å²) in [6.45, 7) is 2.00. The number of thiophene rings is 1. The first-order valence-corrected chi connectivity index (χ1v) is 9.33. The predicted molar refractivity (Wildman–Crippen MR) is 94.9 cm³/mol. The summed E-state index contributed by atoms with van der Waals surface area (Å²) in [6.07, 6.45) is 4.50. The number of fused-ring (bicyclic) bond motifs is 2. The summed E-state index contributed by atoms with van der Waals surface area (Å²) in [4.78, 5) is 14.4. The van der Waals surface area contributed by atoms with Crippen molar-refractivity contribution in [3.05, 3.63) is 46.6 Å². The molecule has 1 aromatic carbocycles. The molecule has 2 aliphatic rings. The molecular formula is C19H21FN2OS. The van der Waals surface area contributed by atoms with Gasteiger partial charge in [0.25, 0.3) is 5.91 Å². The second-order valence-corrected chi connectivity index (χ2v) is 7.96. The topological polar surface area (TPSA) is 41.1 Å². The first-order chi connectivity index (χ1) is 11.6. The van der Waals surface area contributed by atoms with Gasteiger partial charge in [-0.15, -0.1) is 11.3 Å². The summed E-state index contributed by atoms with van der Waals surface area (Å²) >= 11 is 1.48. The van der Waals surface area contributed by atoms with Gasteiger partial charge >= 0.3 is 0 Å². The summed E-state index contributed by atoms with van der Waals surface area (Å²) in [5.41, 5.74) is 2.01. The van der Waals surface area contributed by atoms with Crippen LogP contribution in [0.1, 0.15) is 40.9 Å². The molecule has 0 spiro atoms. The molecule has 126 valence electrons. The average Bonchev–Trinajstić information content (AvgIpc) is 3.11. The van der Waals surface area contributed by atoms with Gasteiger partial charge in [-0.2, -0.15) is 0 Å². The molecule has 3 nitrogen and oxygen atoms in total. The molecule has 3 heterocycles. The van der Waals surface area contributed by atoms with Crippen LogP contribution in [0.25, 0.3) is 10.4 Å². The molecule has 0 aliphatic carbocycles. The fourth-order valence-corrected chi connectivity index (χ4v) is 4.99. The summed E-state index contributed by atoms with van der Waals surface area (Å²) in [5.74, 6) is -0.228. The Morgan fingerprint density at radius 1 is 1.21 bits per heavy atom. The lowest BCUT2D eigenvalue weighted by Gasteiger charge is -2.29. The van der Waals surface area contributed by atoms with E-state index in [1.807, 2.05) is 13.0 Å². The van der Waals surface area contributed by atoms with Crippen LogP contribution in [-0.2, 0) is 0 Å². The lowest BCUT2D eigenvalue weighted by atomic mass is 10.00. The highest BCUT2D eigenvalue weighted by Gasteiger charge is 2.34. The van der Waals surface area contributed by atoms with Gasteiger partial charge in [-0.3, -0.25) is 4.79 Å². The summed E-state index contributed by atoms with van der Waals surface area (Å²) < 4.78 is 13.1. The monoisotopic (exact) mass is 344 g/mol.